The zero-order valence-corrected chi connectivity index (χ0v) is 15.2. The zero-order valence-electron chi connectivity index (χ0n) is 13.5. The van der Waals surface area contributed by atoms with Gasteiger partial charge in [-0.15, -0.1) is 11.3 Å². The van der Waals surface area contributed by atoms with E-state index in [1.54, 1.807) is 0 Å². The number of nitrogens with one attached hydrogen (secondary N) is 2. The van der Waals surface area contributed by atoms with Crippen molar-refractivity contribution in [3.8, 4) is 0 Å². The molecule has 2 N–H and O–H groups in total. The number of carbonyl (C=O) groups is 2. The van der Waals surface area contributed by atoms with Crippen molar-refractivity contribution < 1.29 is 18.0 Å². The van der Waals surface area contributed by atoms with Crippen LogP contribution in [-0.4, -0.2) is 26.5 Å². The topological polar surface area (TPSA) is 92.3 Å². The molecule has 6 nitrogen and oxygen atoms in total. The van der Waals surface area contributed by atoms with Crippen molar-refractivity contribution in [3.63, 3.8) is 0 Å². The predicted octanol–water partition coefficient (Wildman–Crippen LogP) is 2.10. The molecule has 0 spiro atoms. The lowest BCUT2D eigenvalue weighted by Crippen LogP contribution is -2.41. The third-order valence-electron chi connectivity index (χ3n) is 3.46. The number of hydrogen-bond acceptors (Lipinski definition) is 5. The minimum atomic E-state index is -3.31. The molecule has 8 heteroatoms. The number of sulfone groups is 1. The quantitative estimate of drug-likeness (QED) is 0.811. The third kappa shape index (κ3) is 4.21. The van der Waals surface area contributed by atoms with Gasteiger partial charge >= 0.3 is 0 Å². The molecule has 0 saturated heterocycles. The van der Waals surface area contributed by atoms with E-state index < -0.39 is 15.7 Å². The number of hydrazine groups is 1. The van der Waals surface area contributed by atoms with Crippen molar-refractivity contribution in [2.45, 2.75) is 25.2 Å². The van der Waals surface area contributed by atoms with Crippen LogP contribution in [0.3, 0.4) is 0 Å². The van der Waals surface area contributed by atoms with Crippen LogP contribution < -0.4 is 10.9 Å². The number of hydrogen-bond donors (Lipinski definition) is 2. The molecule has 128 valence electrons. The first-order chi connectivity index (χ1) is 11.2. The van der Waals surface area contributed by atoms with Crippen molar-refractivity contribution in [3.05, 3.63) is 51.2 Å². The summed E-state index contributed by atoms with van der Waals surface area (Å²) in [5, 5.41) is 0. The van der Waals surface area contributed by atoms with E-state index in [1.807, 2.05) is 19.9 Å². The van der Waals surface area contributed by atoms with Gasteiger partial charge in [0.05, 0.1) is 9.77 Å². The van der Waals surface area contributed by atoms with Gasteiger partial charge < -0.3 is 0 Å². The van der Waals surface area contributed by atoms with Gasteiger partial charge in [0.25, 0.3) is 11.8 Å². The Hall–Kier alpha value is -2.19. The Morgan fingerprint density at radius 3 is 2.17 bits per heavy atom. The van der Waals surface area contributed by atoms with Gasteiger partial charge in [-0.1, -0.05) is 6.92 Å². The van der Waals surface area contributed by atoms with Crippen LogP contribution >= 0.6 is 11.3 Å². The summed E-state index contributed by atoms with van der Waals surface area (Å²) in [6, 6.07) is 7.29. The lowest BCUT2D eigenvalue weighted by atomic mass is 10.2. The molecule has 0 fully saturated rings. The fraction of sp³-hybridized carbons (Fsp3) is 0.250. The van der Waals surface area contributed by atoms with Gasteiger partial charge in [0.15, 0.2) is 9.84 Å². The van der Waals surface area contributed by atoms with Crippen LogP contribution in [0, 0.1) is 6.92 Å². The molecule has 2 aromatic rings. The molecule has 0 radical (unpaired) electrons. The number of thiophene rings is 1. The van der Waals surface area contributed by atoms with Gasteiger partial charge in [-0.2, -0.15) is 0 Å². The summed E-state index contributed by atoms with van der Waals surface area (Å²) in [5.74, 6) is -0.906. The molecule has 1 aromatic heterocycles. The maximum atomic E-state index is 12.1. The maximum absolute atomic E-state index is 12.1. The summed E-state index contributed by atoms with van der Waals surface area (Å²) in [5.41, 5.74) is 6.04. The van der Waals surface area contributed by atoms with Crippen LogP contribution in [-0.2, 0) is 16.3 Å². The fourth-order valence-electron chi connectivity index (χ4n) is 2.08. The molecule has 2 rings (SSSR count). The van der Waals surface area contributed by atoms with E-state index in [-0.39, 0.29) is 16.4 Å². The molecule has 0 aliphatic heterocycles. The molecule has 0 aliphatic rings. The van der Waals surface area contributed by atoms with Crippen molar-refractivity contribution in [2.75, 3.05) is 6.26 Å². The number of rotatable bonds is 4. The Morgan fingerprint density at radius 1 is 1.08 bits per heavy atom. The largest absolute Gasteiger partial charge is 0.279 e. The SMILES string of the molecule is CCc1cc(C(=O)NNC(=O)c2ccc(S(C)(=O)=O)cc2)sc1C. The first-order valence-electron chi connectivity index (χ1n) is 7.22. The first kappa shape index (κ1) is 18.2. The third-order valence-corrected chi connectivity index (χ3v) is 5.68. The van der Waals surface area contributed by atoms with Gasteiger partial charge in [-0.25, -0.2) is 8.42 Å². The molecule has 0 aliphatic carbocycles. The lowest BCUT2D eigenvalue weighted by molar-refractivity contribution is 0.0849. The molecular formula is C16H18N2O4S2. The van der Waals surface area contributed by atoms with E-state index in [2.05, 4.69) is 10.9 Å². The minimum Gasteiger partial charge on any atom is -0.267 e. The van der Waals surface area contributed by atoms with Gasteiger partial charge in [0, 0.05) is 16.7 Å². The van der Waals surface area contributed by atoms with Gasteiger partial charge in [-0.3, -0.25) is 20.4 Å². The number of aryl methyl sites for hydroxylation is 2. The van der Waals surface area contributed by atoms with E-state index in [1.165, 1.54) is 35.6 Å². The van der Waals surface area contributed by atoms with E-state index in [9.17, 15) is 18.0 Å². The average Bonchev–Trinajstić information content (AvgIpc) is 2.92. The van der Waals surface area contributed by atoms with Crippen molar-refractivity contribution >= 4 is 33.0 Å². The van der Waals surface area contributed by atoms with Crippen molar-refractivity contribution in [1.82, 2.24) is 10.9 Å². The first-order valence-corrected chi connectivity index (χ1v) is 9.93. The predicted molar refractivity (Wildman–Crippen MR) is 92.9 cm³/mol. The molecule has 1 aromatic carbocycles. The van der Waals surface area contributed by atoms with E-state index in [0.717, 1.165) is 23.1 Å². The van der Waals surface area contributed by atoms with E-state index in [4.69, 9.17) is 0 Å². The van der Waals surface area contributed by atoms with Crippen LogP contribution in [0.4, 0.5) is 0 Å². The zero-order chi connectivity index (χ0) is 17.9. The molecular weight excluding hydrogens is 348 g/mol. The molecule has 1 heterocycles. The normalized spacial score (nSPS) is 11.1. The molecule has 0 bridgehead atoms. The van der Waals surface area contributed by atoms with Crippen LogP contribution in [0.15, 0.2) is 35.2 Å². The monoisotopic (exact) mass is 366 g/mol. The van der Waals surface area contributed by atoms with Crippen molar-refractivity contribution in [2.24, 2.45) is 0 Å². The highest BCUT2D eigenvalue weighted by Gasteiger charge is 2.14. The Balaban J connectivity index is 2.00. The summed E-state index contributed by atoms with van der Waals surface area (Å²) in [6.07, 6.45) is 1.94. The van der Waals surface area contributed by atoms with E-state index in [0.29, 0.717) is 4.88 Å². The molecule has 2 amide bonds. The van der Waals surface area contributed by atoms with Gasteiger partial charge in [0.1, 0.15) is 0 Å². The molecule has 0 atom stereocenters. The van der Waals surface area contributed by atoms with Crippen LogP contribution in [0.25, 0.3) is 0 Å². The minimum absolute atomic E-state index is 0.129. The Labute approximate surface area is 144 Å². The second-order valence-electron chi connectivity index (χ2n) is 5.25. The highest BCUT2D eigenvalue weighted by atomic mass is 32.2. The Bertz CT molecular complexity index is 868. The molecule has 24 heavy (non-hydrogen) atoms. The second-order valence-corrected chi connectivity index (χ2v) is 8.52. The summed E-state index contributed by atoms with van der Waals surface area (Å²) < 4.78 is 22.8. The lowest BCUT2D eigenvalue weighted by Gasteiger charge is -2.06. The number of carbonyl (C=O) groups excluding carboxylic acids is 2. The number of benzene rings is 1. The standard InChI is InChI=1S/C16H18N2O4S2/c1-4-11-9-14(23-10(11)2)16(20)18-17-15(19)12-5-7-13(8-6-12)24(3,21)22/h5-9H,4H2,1-3H3,(H,17,19)(H,18,20). The summed E-state index contributed by atoms with van der Waals surface area (Å²) in [6.45, 7) is 3.96. The molecule has 0 saturated carbocycles. The van der Waals surface area contributed by atoms with Crippen LogP contribution in [0.5, 0.6) is 0 Å². The average molecular weight is 366 g/mol. The maximum Gasteiger partial charge on any atom is 0.279 e. The summed E-state index contributed by atoms with van der Waals surface area (Å²) in [7, 11) is -3.31. The highest BCUT2D eigenvalue weighted by Crippen LogP contribution is 2.21. The summed E-state index contributed by atoms with van der Waals surface area (Å²) in [4.78, 5) is 25.8. The van der Waals surface area contributed by atoms with Crippen LogP contribution in [0.2, 0.25) is 0 Å². The van der Waals surface area contributed by atoms with E-state index >= 15 is 0 Å². The fourth-order valence-corrected chi connectivity index (χ4v) is 3.72. The van der Waals surface area contributed by atoms with Crippen molar-refractivity contribution in [1.29, 1.82) is 0 Å². The second kappa shape index (κ2) is 7.14. The smallest absolute Gasteiger partial charge is 0.267 e. The summed E-state index contributed by atoms with van der Waals surface area (Å²) >= 11 is 1.37. The van der Waals surface area contributed by atoms with Gasteiger partial charge in [0.2, 0.25) is 0 Å². The molecule has 0 unspecified atom stereocenters. The highest BCUT2D eigenvalue weighted by molar-refractivity contribution is 7.90. The van der Waals surface area contributed by atoms with Crippen LogP contribution in [0.1, 0.15) is 37.4 Å². The Morgan fingerprint density at radius 2 is 1.67 bits per heavy atom. The van der Waals surface area contributed by atoms with Gasteiger partial charge in [-0.05, 0) is 49.2 Å². The Kier molecular flexibility index (Phi) is 5.40. The number of amides is 2.